The van der Waals surface area contributed by atoms with Crippen molar-refractivity contribution in [3.05, 3.63) is 50.8 Å². The van der Waals surface area contributed by atoms with E-state index < -0.39 is 5.97 Å². The molecule has 4 nitrogen and oxygen atoms in total. The van der Waals surface area contributed by atoms with Crippen molar-refractivity contribution < 1.29 is 14.3 Å². The highest BCUT2D eigenvalue weighted by atomic mass is 79.9. The van der Waals surface area contributed by atoms with Gasteiger partial charge in [-0.1, -0.05) is 12.1 Å². The van der Waals surface area contributed by atoms with E-state index in [2.05, 4.69) is 21.2 Å². The van der Waals surface area contributed by atoms with Crippen molar-refractivity contribution in [3.63, 3.8) is 0 Å². The highest BCUT2D eigenvalue weighted by Crippen LogP contribution is 2.27. The van der Waals surface area contributed by atoms with Crippen LogP contribution in [0.25, 0.3) is 0 Å². The molecule has 0 bridgehead atoms. The van der Waals surface area contributed by atoms with E-state index in [4.69, 9.17) is 4.74 Å². The first-order valence-corrected chi connectivity index (χ1v) is 8.03. The summed E-state index contributed by atoms with van der Waals surface area (Å²) >= 11 is 4.70. The van der Waals surface area contributed by atoms with Gasteiger partial charge in [0.25, 0.3) is 5.91 Å². The molecule has 1 aromatic carbocycles. The lowest BCUT2D eigenvalue weighted by atomic mass is 10.1. The number of rotatable bonds is 4. The van der Waals surface area contributed by atoms with Gasteiger partial charge in [0, 0.05) is 4.47 Å². The molecule has 2 rings (SSSR count). The van der Waals surface area contributed by atoms with Crippen LogP contribution in [0, 0.1) is 6.92 Å². The van der Waals surface area contributed by atoms with Gasteiger partial charge in [0.05, 0.1) is 17.7 Å². The van der Waals surface area contributed by atoms with Crippen LogP contribution in [-0.2, 0) is 4.74 Å². The third-order valence-corrected chi connectivity index (χ3v) is 4.71. The number of hydrogen-bond acceptors (Lipinski definition) is 4. The molecule has 0 aliphatic carbocycles. The molecule has 0 radical (unpaired) electrons. The third-order valence-electron chi connectivity index (χ3n) is 2.82. The molecule has 0 saturated heterocycles. The Kier molecular flexibility index (Phi) is 5.14. The topological polar surface area (TPSA) is 55.4 Å². The second-order valence-corrected chi connectivity index (χ2v) is 5.98. The molecule has 0 atom stereocenters. The minimum absolute atomic E-state index is 0.265. The molecule has 2 aromatic rings. The lowest BCUT2D eigenvalue weighted by molar-refractivity contribution is 0.0528. The normalized spacial score (nSPS) is 10.2. The van der Waals surface area contributed by atoms with Gasteiger partial charge in [-0.2, -0.15) is 0 Å². The predicted molar refractivity (Wildman–Crippen MR) is 87.1 cm³/mol. The van der Waals surface area contributed by atoms with Crippen LogP contribution in [0.15, 0.2) is 34.1 Å². The number of hydrogen-bond donors (Lipinski definition) is 1. The maximum atomic E-state index is 12.3. The van der Waals surface area contributed by atoms with Crippen molar-refractivity contribution in [1.82, 2.24) is 0 Å². The molecule has 0 aliphatic heterocycles. The molecule has 1 amide bonds. The summed E-state index contributed by atoms with van der Waals surface area (Å²) in [5, 5.41) is 5.00. The summed E-state index contributed by atoms with van der Waals surface area (Å²) in [6.07, 6.45) is 0. The van der Waals surface area contributed by atoms with Gasteiger partial charge in [-0.15, -0.1) is 11.3 Å². The first-order valence-electron chi connectivity index (χ1n) is 6.35. The number of carbonyl (C=O) groups is 2. The average molecular weight is 368 g/mol. The Morgan fingerprint density at radius 1 is 1.29 bits per heavy atom. The Balaban J connectivity index is 2.23. The molecule has 6 heteroatoms. The van der Waals surface area contributed by atoms with Crippen LogP contribution in [0.1, 0.15) is 33.2 Å². The number of halogens is 1. The lowest BCUT2D eigenvalue weighted by Gasteiger charge is -2.08. The average Bonchev–Trinajstić information content (AvgIpc) is 2.90. The molecule has 0 saturated carbocycles. The summed E-state index contributed by atoms with van der Waals surface area (Å²) in [5.41, 5.74) is 1.87. The quantitative estimate of drug-likeness (QED) is 0.821. The van der Waals surface area contributed by atoms with Gasteiger partial charge in [0.1, 0.15) is 5.00 Å². The summed E-state index contributed by atoms with van der Waals surface area (Å²) in [6, 6.07) is 7.10. The fourth-order valence-corrected chi connectivity index (χ4v) is 2.98. The van der Waals surface area contributed by atoms with Crippen molar-refractivity contribution >= 4 is 44.1 Å². The zero-order valence-electron chi connectivity index (χ0n) is 11.6. The van der Waals surface area contributed by atoms with Crippen LogP contribution in [0.2, 0.25) is 0 Å². The Morgan fingerprint density at radius 2 is 2.05 bits per heavy atom. The van der Waals surface area contributed by atoms with E-state index in [1.807, 2.05) is 19.1 Å². The highest BCUT2D eigenvalue weighted by molar-refractivity contribution is 9.10. The van der Waals surface area contributed by atoms with Crippen LogP contribution >= 0.6 is 27.3 Å². The smallest absolute Gasteiger partial charge is 0.341 e. The van der Waals surface area contributed by atoms with Crippen molar-refractivity contribution in [3.8, 4) is 0 Å². The SMILES string of the molecule is CCOC(=O)c1ccsc1NC(=O)c1cccc(C)c1Br. The zero-order valence-corrected chi connectivity index (χ0v) is 14.0. The number of amides is 1. The van der Waals surface area contributed by atoms with Crippen molar-refractivity contribution in [2.24, 2.45) is 0 Å². The lowest BCUT2D eigenvalue weighted by Crippen LogP contribution is -2.15. The largest absolute Gasteiger partial charge is 0.462 e. The summed E-state index contributed by atoms with van der Waals surface area (Å²) in [6.45, 7) is 3.95. The van der Waals surface area contributed by atoms with E-state index in [0.717, 1.165) is 10.0 Å². The first kappa shape index (κ1) is 15.7. The number of esters is 1. The standard InChI is InChI=1S/C15H14BrNO3S/c1-3-20-15(19)11-7-8-21-14(11)17-13(18)10-6-4-5-9(2)12(10)16/h4-8H,3H2,1-2H3,(H,17,18). The fourth-order valence-electron chi connectivity index (χ4n) is 1.77. The van der Waals surface area contributed by atoms with Gasteiger partial charge in [-0.25, -0.2) is 4.79 Å². The van der Waals surface area contributed by atoms with E-state index in [1.165, 1.54) is 11.3 Å². The predicted octanol–water partition coefficient (Wildman–Crippen LogP) is 4.25. The van der Waals surface area contributed by atoms with E-state index in [-0.39, 0.29) is 5.91 Å². The second kappa shape index (κ2) is 6.87. The maximum absolute atomic E-state index is 12.3. The minimum Gasteiger partial charge on any atom is -0.462 e. The molecule has 0 unspecified atom stereocenters. The van der Waals surface area contributed by atoms with Gasteiger partial charge in [0.2, 0.25) is 0 Å². The van der Waals surface area contributed by atoms with E-state index in [1.54, 1.807) is 24.4 Å². The molecule has 0 aliphatic rings. The molecule has 110 valence electrons. The minimum atomic E-state index is -0.433. The molecular formula is C15H14BrNO3S. The Hall–Kier alpha value is -1.66. The molecule has 1 N–H and O–H groups in total. The summed E-state index contributed by atoms with van der Waals surface area (Å²) in [5.74, 6) is -0.698. The van der Waals surface area contributed by atoms with Gasteiger partial charge < -0.3 is 10.1 Å². The Morgan fingerprint density at radius 3 is 2.76 bits per heavy atom. The van der Waals surface area contributed by atoms with Gasteiger partial charge in [-0.05, 0) is 52.9 Å². The number of ether oxygens (including phenoxy) is 1. The molecular weight excluding hydrogens is 354 g/mol. The monoisotopic (exact) mass is 367 g/mol. The van der Waals surface area contributed by atoms with Crippen molar-refractivity contribution in [2.45, 2.75) is 13.8 Å². The van der Waals surface area contributed by atoms with Crippen molar-refractivity contribution in [1.29, 1.82) is 0 Å². The van der Waals surface area contributed by atoms with E-state index in [9.17, 15) is 9.59 Å². The Labute approximate surface area is 135 Å². The molecule has 0 spiro atoms. The van der Waals surface area contributed by atoms with E-state index >= 15 is 0 Å². The van der Waals surface area contributed by atoms with Gasteiger partial charge >= 0.3 is 5.97 Å². The maximum Gasteiger partial charge on any atom is 0.341 e. The molecule has 1 heterocycles. The summed E-state index contributed by atoms with van der Waals surface area (Å²) in [7, 11) is 0. The zero-order chi connectivity index (χ0) is 15.4. The number of anilines is 1. The third kappa shape index (κ3) is 3.51. The number of nitrogens with one attached hydrogen (secondary N) is 1. The molecule has 0 fully saturated rings. The molecule has 1 aromatic heterocycles. The number of carbonyl (C=O) groups excluding carboxylic acids is 2. The van der Waals surface area contributed by atoms with Crippen LogP contribution in [0.4, 0.5) is 5.00 Å². The van der Waals surface area contributed by atoms with Crippen LogP contribution in [0.5, 0.6) is 0 Å². The van der Waals surface area contributed by atoms with Gasteiger partial charge in [-0.3, -0.25) is 4.79 Å². The van der Waals surface area contributed by atoms with Crippen LogP contribution in [0.3, 0.4) is 0 Å². The van der Waals surface area contributed by atoms with Gasteiger partial charge in [0.15, 0.2) is 0 Å². The fraction of sp³-hybridized carbons (Fsp3) is 0.200. The van der Waals surface area contributed by atoms with Crippen molar-refractivity contribution in [2.75, 3.05) is 11.9 Å². The first-order chi connectivity index (χ1) is 10.0. The number of benzene rings is 1. The number of thiophene rings is 1. The van der Waals surface area contributed by atoms with E-state index in [0.29, 0.717) is 22.7 Å². The Bertz CT molecular complexity index is 681. The van der Waals surface area contributed by atoms with Crippen LogP contribution in [-0.4, -0.2) is 18.5 Å². The van der Waals surface area contributed by atoms with Crippen LogP contribution < -0.4 is 5.32 Å². The second-order valence-electron chi connectivity index (χ2n) is 4.27. The summed E-state index contributed by atoms with van der Waals surface area (Å²) < 4.78 is 5.71. The summed E-state index contributed by atoms with van der Waals surface area (Å²) in [4.78, 5) is 24.1. The molecule has 21 heavy (non-hydrogen) atoms. The number of aryl methyl sites for hydroxylation is 1. The highest BCUT2D eigenvalue weighted by Gasteiger charge is 2.18.